The number of alkyl halides is 3. The molecule has 1 aromatic rings. The quantitative estimate of drug-likeness (QED) is 0.627. The maximum Gasteiger partial charge on any atom is 0.418 e. The standard InChI is InChI=1S/C15H15ClF3N3O/c1-9(2)7-22-14(23)10(6-20)8-21-13-4-3-11(16)5-12(13)15(17,18)19/h3-5,8-9,21H,7H2,1-2H3,(H,22,23)/b10-8-. The molecule has 0 spiro atoms. The second-order valence-corrected chi connectivity index (χ2v) is 5.54. The maximum atomic E-state index is 12.9. The molecule has 0 aliphatic carbocycles. The van der Waals surface area contributed by atoms with E-state index in [1.807, 2.05) is 13.8 Å². The molecule has 23 heavy (non-hydrogen) atoms. The largest absolute Gasteiger partial charge is 0.418 e. The van der Waals surface area contributed by atoms with E-state index in [0.29, 0.717) is 6.54 Å². The van der Waals surface area contributed by atoms with Gasteiger partial charge in [-0.05, 0) is 24.1 Å². The lowest BCUT2D eigenvalue weighted by Crippen LogP contribution is -2.28. The van der Waals surface area contributed by atoms with Crippen LogP contribution >= 0.6 is 11.6 Å². The van der Waals surface area contributed by atoms with Gasteiger partial charge < -0.3 is 10.6 Å². The first-order chi connectivity index (χ1) is 10.6. The number of anilines is 1. The monoisotopic (exact) mass is 345 g/mol. The predicted molar refractivity (Wildman–Crippen MR) is 81.6 cm³/mol. The van der Waals surface area contributed by atoms with Gasteiger partial charge in [-0.25, -0.2) is 0 Å². The van der Waals surface area contributed by atoms with Crippen LogP contribution in [-0.2, 0) is 11.0 Å². The summed E-state index contributed by atoms with van der Waals surface area (Å²) in [4.78, 5) is 11.8. The summed E-state index contributed by atoms with van der Waals surface area (Å²) in [6.45, 7) is 4.10. The number of halogens is 4. The molecule has 124 valence electrons. The molecule has 1 amide bonds. The van der Waals surface area contributed by atoms with Crippen LogP contribution in [0, 0.1) is 17.2 Å². The fourth-order valence-corrected chi connectivity index (χ4v) is 1.74. The van der Waals surface area contributed by atoms with E-state index in [-0.39, 0.29) is 22.2 Å². The van der Waals surface area contributed by atoms with Crippen molar-refractivity contribution in [3.05, 3.63) is 40.6 Å². The van der Waals surface area contributed by atoms with E-state index in [2.05, 4.69) is 10.6 Å². The highest BCUT2D eigenvalue weighted by atomic mass is 35.5. The van der Waals surface area contributed by atoms with Gasteiger partial charge in [-0.1, -0.05) is 25.4 Å². The number of carbonyl (C=O) groups is 1. The van der Waals surface area contributed by atoms with Gasteiger partial charge >= 0.3 is 6.18 Å². The molecule has 0 radical (unpaired) electrons. The number of nitrogens with zero attached hydrogens (tertiary/aromatic N) is 1. The molecular weight excluding hydrogens is 331 g/mol. The second kappa shape index (κ2) is 7.88. The molecule has 0 atom stereocenters. The van der Waals surface area contributed by atoms with Crippen molar-refractivity contribution in [2.75, 3.05) is 11.9 Å². The Morgan fingerprint density at radius 3 is 2.61 bits per heavy atom. The van der Waals surface area contributed by atoms with Crippen molar-refractivity contribution in [3.8, 4) is 6.07 Å². The molecule has 0 aromatic heterocycles. The Hall–Kier alpha value is -2.20. The third kappa shape index (κ3) is 5.83. The zero-order valence-electron chi connectivity index (χ0n) is 12.5. The summed E-state index contributed by atoms with van der Waals surface area (Å²) in [6.07, 6.45) is -3.68. The Morgan fingerprint density at radius 2 is 2.09 bits per heavy atom. The Labute approximate surface area is 136 Å². The van der Waals surface area contributed by atoms with Crippen molar-refractivity contribution >= 4 is 23.2 Å². The summed E-state index contributed by atoms with van der Waals surface area (Å²) in [5, 5.41) is 13.7. The van der Waals surface area contributed by atoms with E-state index in [9.17, 15) is 18.0 Å². The zero-order chi connectivity index (χ0) is 17.6. The Balaban J connectivity index is 2.98. The van der Waals surface area contributed by atoms with Crippen LogP contribution in [0.3, 0.4) is 0 Å². The summed E-state index contributed by atoms with van der Waals surface area (Å²) in [6, 6.07) is 4.81. The van der Waals surface area contributed by atoms with E-state index < -0.39 is 17.6 Å². The minimum atomic E-state index is -4.62. The number of nitrogens with one attached hydrogen (secondary N) is 2. The minimum Gasteiger partial charge on any atom is -0.360 e. The first-order valence-electron chi connectivity index (χ1n) is 6.67. The summed E-state index contributed by atoms with van der Waals surface area (Å²) in [5.74, 6) is -0.476. The van der Waals surface area contributed by atoms with Crippen LogP contribution in [0.25, 0.3) is 0 Å². The molecule has 0 aliphatic heterocycles. The minimum absolute atomic E-state index is 0.0676. The van der Waals surface area contributed by atoms with Gasteiger partial charge in [0.2, 0.25) is 0 Å². The predicted octanol–water partition coefficient (Wildman–Crippen LogP) is 3.95. The number of benzene rings is 1. The molecule has 0 saturated carbocycles. The van der Waals surface area contributed by atoms with Crippen LogP contribution in [0.2, 0.25) is 5.02 Å². The number of nitriles is 1. The molecule has 1 rings (SSSR count). The van der Waals surface area contributed by atoms with Gasteiger partial charge in [0.05, 0.1) is 11.3 Å². The van der Waals surface area contributed by atoms with E-state index in [1.165, 1.54) is 6.07 Å². The zero-order valence-corrected chi connectivity index (χ0v) is 13.2. The average molecular weight is 346 g/mol. The van der Waals surface area contributed by atoms with Crippen LogP contribution in [0.4, 0.5) is 18.9 Å². The smallest absolute Gasteiger partial charge is 0.360 e. The van der Waals surface area contributed by atoms with Crippen LogP contribution < -0.4 is 10.6 Å². The van der Waals surface area contributed by atoms with Gasteiger partial charge in [-0.2, -0.15) is 18.4 Å². The molecule has 0 fully saturated rings. The fourth-order valence-electron chi connectivity index (χ4n) is 1.57. The Kier molecular flexibility index (Phi) is 6.46. The number of carbonyl (C=O) groups excluding carboxylic acids is 1. The molecule has 4 nitrogen and oxygen atoms in total. The van der Waals surface area contributed by atoms with Crippen molar-refractivity contribution in [1.82, 2.24) is 5.32 Å². The van der Waals surface area contributed by atoms with Gasteiger partial charge in [0.15, 0.2) is 0 Å². The first kappa shape index (κ1) is 18.8. The summed E-state index contributed by atoms with van der Waals surface area (Å²) >= 11 is 5.57. The molecule has 0 heterocycles. The lowest BCUT2D eigenvalue weighted by Gasteiger charge is -2.13. The lowest BCUT2D eigenvalue weighted by molar-refractivity contribution is -0.136. The summed E-state index contributed by atoms with van der Waals surface area (Å²) < 4.78 is 38.8. The second-order valence-electron chi connectivity index (χ2n) is 5.11. The van der Waals surface area contributed by atoms with Crippen LogP contribution in [0.5, 0.6) is 0 Å². The highest BCUT2D eigenvalue weighted by molar-refractivity contribution is 6.30. The molecule has 1 aromatic carbocycles. The molecular formula is C15H15ClF3N3O. The summed E-state index contributed by atoms with van der Waals surface area (Å²) in [7, 11) is 0. The first-order valence-corrected chi connectivity index (χ1v) is 7.04. The third-order valence-corrected chi connectivity index (χ3v) is 2.93. The molecule has 0 aliphatic rings. The number of rotatable bonds is 5. The third-order valence-electron chi connectivity index (χ3n) is 2.69. The van der Waals surface area contributed by atoms with E-state index in [1.54, 1.807) is 6.07 Å². The molecule has 8 heteroatoms. The van der Waals surface area contributed by atoms with E-state index in [0.717, 1.165) is 18.3 Å². The SMILES string of the molecule is CC(C)CNC(=O)/C(C#N)=C\Nc1ccc(Cl)cc1C(F)(F)F. The molecule has 0 bridgehead atoms. The summed E-state index contributed by atoms with van der Waals surface area (Å²) in [5.41, 5.74) is -1.61. The molecule has 0 saturated heterocycles. The van der Waals surface area contributed by atoms with Crippen molar-refractivity contribution in [2.24, 2.45) is 5.92 Å². The average Bonchev–Trinajstić information content (AvgIpc) is 2.45. The van der Waals surface area contributed by atoms with Crippen molar-refractivity contribution in [2.45, 2.75) is 20.0 Å². The Morgan fingerprint density at radius 1 is 1.43 bits per heavy atom. The van der Waals surface area contributed by atoms with Gasteiger partial charge in [-0.3, -0.25) is 4.79 Å². The molecule has 0 unspecified atom stereocenters. The fraction of sp³-hybridized carbons (Fsp3) is 0.333. The van der Waals surface area contributed by atoms with Gasteiger partial charge in [0, 0.05) is 17.8 Å². The highest BCUT2D eigenvalue weighted by Crippen LogP contribution is 2.36. The van der Waals surface area contributed by atoms with E-state index in [4.69, 9.17) is 16.9 Å². The number of hydrogen-bond acceptors (Lipinski definition) is 3. The molecule has 2 N–H and O–H groups in total. The maximum absolute atomic E-state index is 12.9. The van der Waals surface area contributed by atoms with Crippen molar-refractivity contribution in [3.63, 3.8) is 0 Å². The van der Waals surface area contributed by atoms with Gasteiger partial charge in [0.1, 0.15) is 11.6 Å². The van der Waals surface area contributed by atoms with Gasteiger partial charge in [-0.15, -0.1) is 0 Å². The Bertz CT molecular complexity index is 648. The number of hydrogen-bond donors (Lipinski definition) is 2. The lowest BCUT2D eigenvalue weighted by atomic mass is 10.1. The number of amides is 1. The normalized spacial score (nSPS) is 12.0. The van der Waals surface area contributed by atoms with Crippen molar-refractivity contribution < 1.29 is 18.0 Å². The topological polar surface area (TPSA) is 64.9 Å². The van der Waals surface area contributed by atoms with Crippen molar-refractivity contribution in [1.29, 1.82) is 5.26 Å². The van der Waals surface area contributed by atoms with Crippen LogP contribution in [0.1, 0.15) is 19.4 Å². The van der Waals surface area contributed by atoms with Crippen LogP contribution in [-0.4, -0.2) is 12.5 Å². The van der Waals surface area contributed by atoms with E-state index >= 15 is 0 Å². The van der Waals surface area contributed by atoms with Crippen LogP contribution in [0.15, 0.2) is 30.0 Å². The highest BCUT2D eigenvalue weighted by Gasteiger charge is 2.33. The van der Waals surface area contributed by atoms with Gasteiger partial charge in [0.25, 0.3) is 5.91 Å².